The van der Waals surface area contributed by atoms with Gasteiger partial charge in [-0.15, -0.1) is 0 Å². The van der Waals surface area contributed by atoms with E-state index in [4.69, 9.17) is 9.47 Å². The summed E-state index contributed by atoms with van der Waals surface area (Å²) < 4.78 is 14.0. The molecule has 164 valence electrons. The quantitative estimate of drug-likeness (QED) is 0.470. The number of ether oxygens (including phenoxy) is 2. The van der Waals surface area contributed by atoms with Crippen LogP contribution in [0.3, 0.4) is 0 Å². The molecule has 2 N–H and O–H groups in total. The summed E-state index contributed by atoms with van der Waals surface area (Å²) in [5, 5.41) is 33.8. The first-order valence-corrected chi connectivity index (χ1v) is 13.5. The van der Waals surface area contributed by atoms with E-state index in [9.17, 15) is 10.2 Å². The molecule has 0 spiro atoms. The average molecular weight is 501 g/mol. The Morgan fingerprint density at radius 2 is 0.969 bits per heavy atom. The minimum absolute atomic E-state index is 0.0195. The molecule has 0 radical (unpaired) electrons. The molecule has 0 saturated heterocycles. The number of hydrogen-bond acceptors (Lipinski definition) is 8. The predicted molar refractivity (Wildman–Crippen MR) is 141 cm³/mol. The third-order valence-corrected chi connectivity index (χ3v) is 9.26. The molecule has 0 bridgehead atoms. The van der Waals surface area contributed by atoms with E-state index in [0.717, 1.165) is 33.0 Å². The lowest BCUT2D eigenvalue weighted by Crippen LogP contribution is -2.17. The lowest BCUT2D eigenvalue weighted by atomic mass is 9.98. The van der Waals surface area contributed by atoms with Gasteiger partial charge in [0.2, 0.25) is 0 Å². The molecule has 4 nitrogen and oxygen atoms in total. The van der Waals surface area contributed by atoms with Crippen LogP contribution in [0, 0.1) is 0 Å². The first-order valence-electron chi connectivity index (χ1n) is 10.0. The minimum atomic E-state index is -0.0195. The van der Waals surface area contributed by atoms with Crippen molar-refractivity contribution in [3.63, 3.8) is 0 Å². The van der Waals surface area contributed by atoms with Crippen LogP contribution >= 0.6 is 47.0 Å². The van der Waals surface area contributed by atoms with Gasteiger partial charge in [0.1, 0.15) is 24.7 Å². The maximum Gasteiger partial charge on any atom is 0.120 e. The number of thioether (sulfide) groups is 4. The maximum atomic E-state index is 9.20. The van der Waals surface area contributed by atoms with Crippen LogP contribution in [-0.4, -0.2) is 36.6 Å². The highest BCUT2D eigenvalue weighted by atomic mass is 32.2. The lowest BCUT2D eigenvalue weighted by molar-refractivity contribution is 0.201. The fraction of sp³-hybridized carbons (Fsp3) is 0.167. The van der Waals surface area contributed by atoms with Crippen LogP contribution in [0.15, 0.2) is 58.0 Å². The van der Waals surface area contributed by atoms with Crippen LogP contribution in [-0.2, 0) is 0 Å². The zero-order valence-electron chi connectivity index (χ0n) is 16.9. The Bertz CT molecular complexity index is 1240. The van der Waals surface area contributed by atoms with Crippen molar-refractivity contribution in [2.45, 2.75) is 0 Å². The van der Waals surface area contributed by atoms with E-state index in [-0.39, 0.29) is 26.4 Å². The minimum Gasteiger partial charge on any atom is -0.491 e. The molecule has 32 heavy (non-hydrogen) atoms. The molecule has 3 aromatic carbocycles. The van der Waals surface area contributed by atoms with Crippen LogP contribution in [0.5, 0.6) is 11.5 Å². The molecule has 5 rings (SSSR count). The zero-order valence-corrected chi connectivity index (χ0v) is 20.2. The van der Waals surface area contributed by atoms with Crippen molar-refractivity contribution in [1.29, 1.82) is 0 Å². The molecular formula is C24H20O4S4. The first-order chi connectivity index (χ1) is 15.8. The molecule has 2 heterocycles. The van der Waals surface area contributed by atoms with Gasteiger partial charge in [0.15, 0.2) is 0 Å². The summed E-state index contributed by atoms with van der Waals surface area (Å²) in [6.45, 7) is 0.492. The van der Waals surface area contributed by atoms with Crippen LogP contribution < -0.4 is 19.9 Å². The van der Waals surface area contributed by atoms with Crippen molar-refractivity contribution >= 4 is 77.1 Å². The van der Waals surface area contributed by atoms with E-state index < -0.39 is 0 Å². The monoisotopic (exact) mass is 500 g/mol. The van der Waals surface area contributed by atoms with Crippen LogP contribution in [0.4, 0.5) is 0 Å². The Balaban J connectivity index is 1.91. The average Bonchev–Trinajstić information content (AvgIpc) is 3.54. The van der Waals surface area contributed by atoms with E-state index >= 15 is 0 Å². The molecule has 0 amide bonds. The summed E-state index contributed by atoms with van der Waals surface area (Å²) in [5.41, 5.74) is 0. The van der Waals surface area contributed by atoms with Gasteiger partial charge in [0.25, 0.3) is 0 Å². The van der Waals surface area contributed by atoms with Gasteiger partial charge in [0.05, 0.1) is 21.7 Å². The predicted octanol–water partition coefficient (Wildman–Crippen LogP) is 4.77. The molecule has 3 aromatic rings. The summed E-state index contributed by atoms with van der Waals surface area (Å²) in [5.74, 6) is 1.50. The van der Waals surface area contributed by atoms with Gasteiger partial charge in [-0.05, 0) is 79.6 Å². The third-order valence-electron chi connectivity index (χ3n) is 5.00. The molecule has 0 atom stereocenters. The van der Waals surface area contributed by atoms with Gasteiger partial charge in [0, 0.05) is 10.4 Å². The SMILES string of the molecule is OCCOc1ccc2c(=C3SC=CS3)c3cc(OCCO)ccc3c(=C3SC=CS3)c2c1. The van der Waals surface area contributed by atoms with Gasteiger partial charge >= 0.3 is 0 Å². The topological polar surface area (TPSA) is 58.9 Å². The highest BCUT2D eigenvalue weighted by molar-refractivity contribution is 8.35. The smallest absolute Gasteiger partial charge is 0.120 e. The van der Waals surface area contributed by atoms with Gasteiger partial charge in [-0.1, -0.05) is 47.0 Å². The van der Waals surface area contributed by atoms with Crippen molar-refractivity contribution in [3.8, 4) is 11.5 Å². The number of fused-ring (bicyclic) bond motifs is 2. The molecule has 8 heteroatoms. The molecule has 0 unspecified atom stereocenters. The first kappa shape index (κ1) is 22.1. The third kappa shape index (κ3) is 4.27. The fourth-order valence-corrected chi connectivity index (χ4v) is 7.63. The highest BCUT2D eigenvalue weighted by Crippen LogP contribution is 2.41. The molecule has 0 saturated carbocycles. The van der Waals surface area contributed by atoms with E-state index in [1.807, 2.05) is 12.1 Å². The van der Waals surface area contributed by atoms with Gasteiger partial charge < -0.3 is 19.7 Å². The van der Waals surface area contributed by atoms with Gasteiger partial charge in [-0.3, -0.25) is 0 Å². The number of aliphatic hydroxyl groups excluding tert-OH is 2. The maximum absolute atomic E-state index is 9.20. The molecule has 0 aliphatic carbocycles. The van der Waals surface area contributed by atoms with Crippen molar-refractivity contribution in [2.24, 2.45) is 0 Å². The van der Waals surface area contributed by atoms with E-state index in [1.165, 1.54) is 18.9 Å². The van der Waals surface area contributed by atoms with Crippen LogP contribution in [0.1, 0.15) is 0 Å². The summed E-state index contributed by atoms with van der Waals surface area (Å²) in [6, 6.07) is 12.4. The van der Waals surface area contributed by atoms with Crippen molar-refractivity contribution in [2.75, 3.05) is 26.4 Å². The Morgan fingerprint density at radius 1 is 0.562 bits per heavy atom. The second kappa shape index (κ2) is 10.1. The van der Waals surface area contributed by atoms with Crippen molar-refractivity contribution < 1.29 is 19.7 Å². The molecular weight excluding hydrogens is 481 g/mol. The van der Waals surface area contributed by atoms with E-state index in [1.54, 1.807) is 47.0 Å². The highest BCUT2D eigenvalue weighted by Gasteiger charge is 2.17. The summed E-state index contributed by atoms with van der Waals surface area (Å²) in [4.78, 5) is 0. The van der Waals surface area contributed by atoms with Crippen molar-refractivity contribution in [3.05, 3.63) is 68.5 Å². The summed E-state index contributed by atoms with van der Waals surface area (Å²) in [7, 11) is 0. The second-order valence-electron chi connectivity index (χ2n) is 6.90. The standard InChI is InChI=1S/C24H20O4S4/c25-5-7-27-15-1-3-17-19(13-15)22(24-31-11-12-32-24)18-4-2-16(28-8-6-26)14-20(18)21(17)23-29-9-10-30-23/h1-4,9-14,25-26H,5-8H2. The number of aliphatic hydroxyl groups is 2. The largest absolute Gasteiger partial charge is 0.491 e. The normalized spacial score (nSPS) is 15.4. The molecule has 2 aliphatic heterocycles. The molecule has 0 fully saturated rings. The Labute approximate surface area is 202 Å². The number of benzene rings is 3. The van der Waals surface area contributed by atoms with Crippen LogP contribution in [0.25, 0.3) is 30.0 Å². The fourth-order valence-electron chi connectivity index (χ4n) is 3.78. The zero-order chi connectivity index (χ0) is 21.9. The van der Waals surface area contributed by atoms with Crippen molar-refractivity contribution in [1.82, 2.24) is 0 Å². The number of hydrogen-bond donors (Lipinski definition) is 2. The Morgan fingerprint density at radius 3 is 1.34 bits per heavy atom. The molecule has 0 aromatic heterocycles. The molecule has 2 aliphatic rings. The van der Waals surface area contributed by atoms with Gasteiger partial charge in [-0.25, -0.2) is 0 Å². The number of rotatable bonds is 6. The second-order valence-corrected chi connectivity index (χ2v) is 11.1. The Hall–Kier alpha value is -1.68. The summed E-state index contributed by atoms with van der Waals surface area (Å²) in [6.07, 6.45) is 0. The lowest BCUT2D eigenvalue weighted by Gasteiger charge is -2.14. The van der Waals surface area contributed by atoms with E-state index in [0.29, 0.717) is 0 Å². The Kier molecular flexibility index (Phi) is 6.96. The van der Waals surface area contributed by atoms with Gasteiger partial charge in [-0.2, -0.15) is 0 Å². The van der Waals surface area contributed by atoms with E-state index in [2.05, 4.69) is 45.9 Å². The summed E-state index contributed by atoms with van der Waals surface area (Å²) >= 11 is 6.92. The van der Waals surface area contributed by atoms with Crippen LogP contribution in [0.2, 0.25) is 0 Å².